The zero-order valence-electron chi connectivity index (χ0n) is 14.8. The Kier molecular flexibility index (Phi) is 5.94. The van der Waals surface area contributed by atoms with Crippen LogP contribution in [0.3, 0.4) is 0 Å². The van der Waals surface area contributed by atoms with Crippen molar-refractivity contribution in [1.82, 2.24) is 10.2 Å². The van der Waals surface area contributed by atoms with Crippen molar-refractivity contribution in [2.24, 2.45) is 0 Å². The highest BCUT2D eigenvalue weighted by Gasteiger charge is 2.20. The average Bonchev–Trinajstić information content (AvgIpc) is 3.17. The molecule has 1 aliphatic rings. The number of anilines is 1. The van der Waals surface area contributed by atoms with Gasteiger partial charge in [0.05, 0.1) is 19.7 Å². The van der Waals surface area contributed by atoms with E-state index in [1.807, 2.05) is 30.5 Å². The zero-order valence-corrected chi connectivity index (χ0v) is 15.6. The van der Waals surface area contributed by atoms with Gasteiger partial charge in [-0.25, -0.2) is 0 Å². The third-order valence-electron chi connectivity index (χ3n) is 4.52. The molecule has 0 aliphatic carbocycles. The van der Waals surface area contributed by atoms with E-state index in [-0.39, 0.29) is 11.9 Å². The molecule has 25 heavy (non-hydrogen) atoms. The van der Waals surface area contributed by atoms with E-state index in [9.17, 15) is 4.79 Å². The molecule has 5 nitrogen and oxygen atoms in total. The predicted octanol–water partition coefficient (Wildman–Crippen LogP) is 2.76. The standard InChI is InChI=1S/C19H25N3O2S/c1-15(18-4-3-13-25-18)20-19(23)14-21-9-11-22(12-10-21)16-5-7-17(24-2)8-6-16/h3-8,13,15H,9-12,14H2,1-2H3,(H,20,23)/t15-/m1/s1. The van der Waals surface area contributed by atoms with E-state index in [2.05, 4.69) is 33.3 Å². The number of carbonyl (C=O) groups excluding carboxylic acids is 1. The van der Waals surface area contributed by atoms with Gasteiger partial charge in [0.2, 0.25) is 5.91 Å². The normalized spacial score (nSPS) is 16.5. The summed E-state index contributed by atoms with van der Waals surface area (Å²) in [5.41, 5.74) is 1.20. The molecule has 1 aromatic carbocycles. The van der Waals surface area contributed by atoms with Gasteiger partial charge in [0, 0.05) is 36.7 Å². The van der Waals surface area contributed by atoms with Crippen LogP contribution in [-0.4, -0.2) is 50.6 Å². The Hall–Kier alpha value is -2.05. The summed E-state index contributed by atoms with van der Waals surface area (Å²) in [6.45, 7) is 6.15. The number of hydrogen-bond acceptors (Lipinski definition) is 5. The fraction of sp³-hybridized carbons (Fsp3) is 0.421. The lowest BCUT2D eigenvalue weighted by molar-refractivity contribution is -0.122. The maximum Gasteiger partial charge on any atom is 0.234 e. The lowest BCUT2D eigenvalue weighted by Gasteiger charge is -2.35. The molecular weight excluding hydrogens is 334 g/mol. The van der Waals surface area contributed by atoms with Crippen molar-refractivity contribution in [3.63, 3.8) is 0 Å². The zero-order chi connectivity index (χ0) is 17.6. The van der Waals surface area contributed by atoms with Gasteiger partial charge in [0.15, 0.2) is 0 Å². The first-order valence-corrected chi connectivity index (χ1v) is 9.48. The van der Waals surface area contributed by atoms with Crippen molar-refractivity contribution in [2.75, 3.05) is 44.7 Å². The smallest absolute Gasteiger partial charge is 0.234 e. The molecule has 2 aromatic rings. The number of benzene rings is 1. The topological polar surface area (TPSA) is 44.8 Å². The SMILES string of the molecule is COc1ccc(N2CCN(CC(=O)N[C@H](C)c3cccs3)CC2)cc1. The minimum absolute atomic E-state index is 0.0769. The van der Waals surface area contributed by atoms with E-state index in [0.717, 1.165) is 31.9 Å². The third-order valence-corrected chi connectivity index (χ3v) is 5.58. The maximum atomic E-state index is 12.3. The van der Waals surface area contributed by atoms with Crippen molar-refractivity contribution in [3.8, 4) is 5.75 Å². The highest BCUT2D eigenvalue weighted by Crippen LogP contribution is 2.21. The number of thiophene rings is 1. The number of carbonyl (C=O) groups is 1. The summed E-state index contributed by atoms with van der Waals surface area (Å²) in [6.07, 6.45) is 0. The van der Waals surface area contributed by atoms with Crippen LogP contribution in [0.15, 0.2) is 41.8 Å². The van der Waals surface area contributed by atoms with Gasteiger partial charge in [-0.1, -0.05) is 6.07 Å². The molecule has 1 fully saturated rings. The third kappa shape index (κ3) is 4.74. The van der Waals surface area contributed by atoms with Crippen molar-refractivity contribution >= 4 is 22.9 Å². The fourth-order valence-electron chi connectivity index (χ4n) is 3.06. The Balaban J connectivity index is 1.44. The van der Waals surface area contributed by atoms with E-state index in [1.165, 1.54) is 10.6 Å². The van der Waals surface area contributed by atoms with Gasteiger partial charge in [-0.05, 0) is 42.6 Å². The molecule has 1 aromatic heterocycles. The van der Waals surface area contributed by atoms with Crippen LogP contribution >= 0.6 is 11.3 Å². The molecule has 134 valence electrons. The van der Waals surface area contributed by atoms with Crippen LogP contribution in [0.25, 0.3) is 0 Å². The summed E-state index contributed by atoms with van der Waals surface area (Å²) in [5.74, 6) is 0.970. The lowest BCUT2D eigenvalue weighted by atomic mass is 10.2. The highest BCUT2D eigenvalue weighted by molar-refractivity contribution is 7.10. The molecule has 2 heterocycles. The van der Waals surface area contributed by atoms with Crippen molar-refractivity contribution in [2.45, 2.75) is 13.0 Å². The Morgan fingerprint density at radius 1 is 1.20 bits per heavy atom. The van der Waals surface area contributed by atoms with Gasteiger partial charge < -0.3 is 15.0 Å². The van der Waals surface area contributed by atoms with Gasteiger partial charge in [0.25, 0.3) is 0 Å². The first-order chi connectivity index (χ1) is 12.2. The number of rotatable bonds is 6. The van der Waals surface area contributed by atoms with Crippen LogP contribution in [0.2, 0.25) is 0 Å². The summed E-state index contributed by atoms with van der Waals surface area (Å²) in [6, 6.07) is 12.3. The molecule has 6 heteroatoms. The molecule has 0 radical (unpaired) electrons. The Morgan fingerprint density at radius 3 is 2.52 bits per heavy atom. The fourth-order valence-corrected chi connectivity index (χ4v) is 3.79. The minimum atomic E-state index is 0.0769. The van der Waals surface area contributed by atoms with Gasteiger partial charge in [-0.15, -0.1) is 11.3 Å². The molecule has 0 bridgehead atoms. The number of amides is 1. The summed E-state index contributed by atoms with van der Waals surface area (Å²) in [4.78, 5) is 18.0. The molecular formula is C19H25N3O2S. The molecule has 1 atom stereocenters. The molecule has 0 saturated carbocycles. The van der Waals surface area contributed by atoms with E-state index >= 15 is 0 Å². The van der Waals surface area contributed by atoms with Crippen LogP contribution in [0.5, 0.6) is 5.75 Å². The largest absolute Gasteiger partial charge is 0.497 e. The maximum absolute atomic E-state index is 12.3. The Bertz CT molecular complexity index is 664. The predicted molar refractivity (Wildman–Crippen MR) is 103 cm³/mol. The van der Waals surface area contributed by atoms with E-state index in [1.54, 1.807) is 18.4 Å². The number of piperazine rings is 1. The summed E-state index contributed by atoms with van der Waals surface area (Å²) in [7, 11) is 1.68. The van der Waals surface area contributed by atoms with Crippen LogP contribution in [-0.2, 0) is 4.79 Å². The van der Waals surface area contributed by atoms with E-state index < -0.39 is 0 Å². The molecule has 1 aliphatic heterocycles. The summed E-state index contributed by atoms with van der Waals surface area (Å²) in [5, 5.41) is 5.13. The monoisotopic (exact) mass is 359 g/mol. The molecule has 1 saturated heterocycles. The molecule has 1 N–H and O–H groups in total. The van der Waals surface area contributed by atoms with Crippen LogP contribution in [0, 0.1) is 0 Å². The van der Waals surface area contributed by atoms with Crippen molar-refractivity contribution < 1.29 is 9.53 Å². The van der Waals surface area contributed by atoms with Crippen LogP contribution in [0.4, 0.5) is 5.69 Å². The number of nitrogens with one attached hydrogen (secondary N) is 1. The second-order valence-electron chi connectivity index (χ2n) is 6.27. The molecule has 3 rings (SSSR count). The van der Waals surface area contributed by atoms with E-state index in [4.69, 9.17) is 4.74 Å². The van der Waals surface area contributed by atoms with Gasteiger partial charge >= 0.3 is 0 Å². The summed E-state index contributed by atoms with van der Waals surface area (Å²) >= 11 is 1.68. The van der Waals surface area contributed by atoms with Gasteiger partial charge in [-0.2, -0.15) is 0 Å². The van der Waals surface area contributed by atoms with Crippen LogP contribution in [0.1, 0.15) is 17.8 Å². The average molecular weight is 359 g/mol. The highest BCUT2D eigenvalue weighted by atomic mass is 32.1. The quantitative estimate of drug-likeness (QED) is 0.861. The van der Waals surface area contributed by atoms with Gasteiger partial charge in [0.1, 0.15) is 5.75 Å². The summed E-state index contributed by atoms with van der Waals surface area (Å²) < 4.78 is 5.21. The number of nitrogens with zero attached hydrogens (tertiary/aromatic N) is 2. The first kappa shape index (κ1) is 17.8. The van der Waals surface area contributed by atoms with Gasteiger partial charge in [-0.3, -0.25) is 9.69 Å². The lowest BCUT2D eigenvalue weighted by Crippen LogP contribution is -2.49. The minimum Gasteiger partial charge on any atom is -0.497 e. The van der Waals surface area contributed by atoms with E-state index in [0.29, 0.717) is 6.54 Å². The Labute approximate surface area is 153 Å². The van der Waals surface area contributed by atoms with Crippen molar-refractivity contribution in [3.05, 3.63) is 46.7 Å². The van der Waals surface area contributed by atoms with Crippen molar-refractivity contribution in [1.29, 1.82) is 0 Å². The molecule has 1 amide bonds. The second kappa shape index (κ2) is 8.36. The first-order valence-electron chi connectivity index (χ1n) is 8.60. The molecule has 0 spiro atoms. The number of hydrogen-bond donors (Lipinski definition) is 1. The number of ether oxygens (including phenoxy) is 1. The second-order valence-corrected chi connectivity index (χ2v) is 7.25. The Morgan fingerprint density at radius 2 is 1.92 bits per heavy atom. The molecule has 0 unspecified atom stereocenters. The van der Waals surface area contributed by atoms with Crippen LogP contribution < -0.4 is 15.0 Å². The number of methoxy groups -OCH3 is 1.